The number of hydrogen-bond acceptors (Lipinski definition) is 5. The summed E-state index contributed by atoms with van der Waals surface area (Å²) in [5.74, 6) is -0.648. The van der Waals surface area contributed by atoms with Crippen molar-refractivity contribution in [3.63, 3.8) is 0 Å². The minimum absolute atomic E-state index is 0.00130. The molecule has 3 rings (SSSR count). The zero-order valence-electron chi connectivity index (χ0n) is 15.5. The Hall–Kier alpha value is -2.22. The van der Waals surface area contributed by atoms with E-state index < -0.39 is 16.0 Å². The van der Waals surface area contributed by atoms with Gasteiger partial charge in [-0.05, 0) is 24.6 Å². The highest BCUT2D eigenvalue weighted by atomic mass is 32.2. The number of methoxy groups -OCH3 is 1. The second-order valence-corrected chi connectivity index (χ2v) is 8.42. The van der Waals surface area contributed by atoms with Crippen molar-refractivity contribution >= 4 is 16.0 Å². The maximum atomic E-state index is 13.1. The Morgan fingerprint density at radius 1 is 0.963 bits per heavy atom. The van der Waals surface area contributed by atoms with E-state index >= 15 is 0 Å². The number of nitrogens with zero attached hydrogens (tertiary/aromatic N) is 2. The molecule has 2 aromatic carbocycles. The van der Waals surface area contributed by atoms with Gasteiger partial charge < -0.3 is 4.74 Å². The summed E-state index contributed by atoms with van der Waals surface area (Å²) in [5, 5.41) is 0. The van der Waals surface area contributed by atoms with Gasteiger partial charge in [-0.25, -0.2) is 13.2 Å². The van der Waals surface area contributed by atoms with E-state index in [1.54, 1.807) is 12.1 Å². The first-order valence-electron chi connectivity index (χ1n) is 8.91. The van der Waals surface area contributed by atoms with Crippen molar-refractivity contribution in [3.05, 3.63) is 65.7 Å². The van der Waals surface area contributed by atoms with Gasteiger partial charge in [0.15, 0.2) is 0 Å². The molecule has 0 radical (unpaired) electrons. The predicted molar refractivity (Wildman–Crippen MR) is 103 cm³/mol. The molecule has 0 aliphatic carbocycles. The molecule has 7 heteroatoms. The zero-order valence-corrected chi connectivity index (χ0v) is 16.4. The van der Waals surface area contributed by atoms with Crippen molar-refractivity contribution in [2.45, 2.75) is 17.9 Å². The van der Waals surface area contributed by atoms with Crippen molar-refractivity contribution in [2.75, 3.05) is 33.3 Å². The van der Waals surface area contributed by atoms with Gasteiger partial charge in [-0.15, -0.1) is 0 Å². The Balaban J connectivity index is 1.75. The van der Waals surface area contributed by atoms with E-state index in [9.17, 15) is 13.2 Å². The van der Waals surface area contributed by atoms with Crippen LogP contribution in [0.25, 0.3) is 0 Å². The van der Waals surface area contributed by atoms with E-state index in [0.717, 1.165) is 0 Å². The third-order valence-electron chi connectivity index (χ3n) is 5.01. The third kappa shape index (κ3) is 4.05. The maximum absolute atomic E-state index is 13.1. The van der Waals surface area contributed by atoms with Crippen LogP contribution in [0.15, 0.2) is 59.5 Å². The molecule has 2 aromatic rings. The van der Waals surface area contributed by atoms with Crippen LogP contribution in [0, 0.1) is 0 Å². The number of piperazine rings is 1. The van der Waals surface area contributed by atoms with Crippen LogP contribution in [0.5, 0.6) is 0 Å². The summed E-state index contributed by atoms with van der Waals surface area (Å²) in [4.78, 5) is 14.2. The molecule has 1 saturated heterocycles. The molecular formula is C20H24N2O4S. The second kappa shape index (κ2) is 8.21. The van der Waals surface area contributed by atoms with Gasteiger partial charge in [0.05, 0.1) is 17.6 Å². The predicted octanol–water partition coefficient (Wildman–Crippen LogP) is 2.54. The highest BCUT2D eigenvalue weighted by Gasteiger charge is 2.32. The zero-order chi connectivity index (χ0) is 19.4. The summed E-state index contributed by atoms with van der Waals surface area (Å²) in [6.45, 7) is 4.17. The second-order valence-electron chi connectivity index (χ2n) is 6.51. The van der Waals surface area contributed by atoms with E-state index in [4.69, 9.17) is 4.74 Å². The van der Waals surface area contributed by atoms with E-state index in [0.29, 0.717) is 26.2 Å². The maximum Gasteiger partial charge on any atom is 0.339 e. The first-order valence-corrected chi connectivity index (χ1v) is 10.4. The lowest BCUT2D eigenvalue weighted by atomic mass is 10.1. The molecule has 1 unspecified atom stereocenters. The number of carbonyl (C=O) groups excluding carboxylic acids is 1. The number of sulfonamides is 1. The Bertz CT molecular complexity index is 891. The fourth-order valence-corrected chi connectivity index (χ4v) is 4.98. The first kappa shape index (κ1) is 19.5. The Morgan fingerprint density at radius 2 is 1.56 bits per heavy atom. The average Bonchev–Trinajstić information content (AvgIpc) is 2.73. The topological polar surface area (TPSA) is 66.9 Å². The number of carbonyl (C=O) groups is 1. The number of esters is 1. The fourth-order valence-electron chi connectivity index (χ4n) is 3.38. The minimum atomic E-state index is -3.76. The average molecular weight is 388 g/mol. The van der Waals surface area contributed by atoms with E-state index in [2.05, 4.69) is 24.0 Å². The van der Waals surface area contributed by atoms with Crippen LogP contribution in [0.1, 0.15) is 28.9 Å². The summed E-state index contributed by atoms with van der Waals surface area (Å²) < 4.78 is 32.3. The molecule has 1 fully saturated rings. The number of rotatable bonds is 5. The molecule has 0 saturated carbocycles. The van der Waals surface area contributed by atoms with Gasteiger partial charge in [0.25, 0.3) is 0 Å². The van der Waals surface area contributed by atoms with E-state index in [1.165, 1.54) is 29.1 Å². The Labute approximate surface area is 160 Å². The van der Waals surface area contributed by atoms with Gasteiger partial charge in [0.1, 0.15) is 0 Å². The SMILES string of the molecule is COC(=O)c1ccccc1S(=O)(=O)N1CCN(C(C)c2ccccc2)CC1. The lowest BCUT2D eigenvalue weighted by Crippen LogP contribution is -2.49. The van der Waals surface area contributed by atoms with Crippen molar-refractivity contribution < 1.29 is 17.9 Å². The van der Waals surface area contributed by atoms with Crippen LogP contribution in [-0.2, 0) is 14.8 Å². The van der Waals surface area contributed by atoms with E-state index in [-0.39, 0.29) is 16.5 Å². The van der Waals surface area contributed by atoms with Gasteiger partial charge in [-0.1, -0.05) is 42.5 Å². The largest absolute Gasteiger partial charge is 0.465 e. The van der Waals surface area contributed by atoms with Crippen LogP contribution in [0.2, 0.25) is 0 Å². The smallest absolute Gasteiger partial charge is 0.339 e. The van der Waals surface area contributed by atoms with Gasteiger partial charge in [0, 0.05) is 32.2 Å². The standard InChI is InChI=1S/C20H24N2O4S/c1-16(17-8-4-3-5-9-17)21-12-14-22(15-13-21)27(24,25)19-11-7-6-10-18(19)20(23)26-2/h3-11,16H,12-15H2,1-2H3. The van der Waals surface area contributed by atoms with Crippen molar-refractivity contribution in [3.8, 4) is 0 Å². The summed E-state index contributed by atoms with van der Waals surface area (Å²) in [6.07, 6.45) is 0. The number of ether oxygens (including phenoxy) is 1. The molecule has 0 N–H and O–H groups in total. The van der Waals surface area contributed by atoms with Crippen molar-refractivity contribution in [2.24, 2.45) is 0 Å². The lowest BCUT2D eigenvalue weighted by molar-refractivity contribution is 0.0596. The van der Waals surface area contributed by atoms with Crippen molar-refractivity contribution in [1.29, 1.82) is 0 Å². The summed E-state index contributed by atoms with van der Waals surface area (Å²) >= 11 is 0. The van der Waals surface area contributed by atoms with Crippen LogP contribution < -0.4 is 0 Å². The molecule has 1 atom stereocenters. The molecular weight excluding hydrogens is 364 g/mol. The fraction of sp³-hybridized carbons (Fsp3) is 0.350. The molecule has 6 nitrogen and oxygen atoms in total. The quantitative estimate of drug-likeness (QED) is 0.737. The summed E-state index contributed by atoms with van der Waals surface area (Å²) in [6, 6.07) is 16.6. The number of hydrogen-bond donors (Lipinski definition) is 0. The van der Waals surface area contributed by atoms with Crippen LogP contribution in [0.3, 0.4) is 0 Å². The monoisotopic (exact) mass is 388 g/mol. The molecule has 1 aliphatic heterocycles. The highest BCUT2D eigenvalue weighted by molar-refractivity contribution is 7.89. The van der Waals surface area contributed by atoms with Gasteiger partial charge in [-0.2, -0.15) is 4.31 Å². The third-order valence-corrected chi connectivity index (χ3v) is 6.97. The first-order chi connectivity index (χ1) is 12.9. The number of benzene rings is 2. The molecule has 0 amide bonds. The van der Waals surface area contributed by atoms with E-state index in [1.807, 2.05) is 18.2 Å². The Kier molecular flexibility index (Phi) is 5.94. The molecule has 1 heterocycles. The van der Waals surface area contributed by atoms with Crippen LogP contribution in [-0.4, -0.2) is 56.9 Å². The Morgan fingerprint density at radius 3 is 2.19 bits per heavy atom. The summed E-state index contributed by atoms with van der Waals surface area (Å²) in [7, 11) is -2.51. The summed E-state index contributed by atoms with van der Waals surface area (Å²) in [5.41, 5.74) is 1.28. The minimum Gasteiger partial charge on any atom is -0.465 e. The highest BCUT2D eigenvalue weighted by Crippen LogP contribution is 2.25. The normalized spacial score (nSPS) is 17.4. The molecule has 144 valence electrons. The van der Waals surface area contributed by atoms with Crippen LogP contribution >= 0.6 is 0 Å². The molecule has 0 bridgehead atoms. The lowest BCUT2D eigenvalue weighted by Gasteiger charge is -2.37. The molecule has 27 heavy (non-hydrogen) atoms. The van der Waals surface area contributed by atoms with Gasteiger partial charge >= 0.3 is 5.97 Å². The van der Waals surface area contributed by atoms with Gasteiger partial charge in [0.2, 0.25) is 10.0 Å². The molecule has 1 aliphatic rings. The van der Waals surface area contributed by atoms with Crippen molar-refractivity contribution in [1.82, 2.24) is 9.21 Å². The van der Waals surface area contributed by atoms with Crippen LogP contribution in [0.4, 0.5) is 0 Å². The van der Waals surface area contributed by atoms with Gasteiger partial charge in [-0.3, -0.25) is 4.90 Å². The molecule has 0 aromatic heterocycles. The molecule has 0 spiro atoms.